The molecule has 1 heterocycles. The van der Waals surface area contributed by atoms with Gasteiger partial charge in [-0.15, -0.1) is 0 Å². The number of hydrogen-bond donors (Lipinski definition) is 0. The summed E-state index contributed by atoms with van der Waals surface area (Å²) in [5.74, 6) is 0. The van der Waals surface area contributed by atoms with Gasteiger partial charge in [0.2, 0.25) is 0 Å². The summed E-state index contributed by atoms with van der Waals surface area (Å²) >= 11 is 0. The Bertz CT molecular complexity index is 183. The fourth-order valence-electron chi connectivity index (χ4n) is 1.64. The lowest BCUT2D eigenvalue weighted by Crippen LogP contribution is -2.37. The lowest BCUT2D eigenvalue weighted by molar-refractivity contribution is 0.00118. The van der Waals surface area contributed by atoms with Crippen molar-refractivity contribution in [3.63, 3.8) is 0 Å². The second-order valence-corrected chi connectivity index (χ2v) is 3.56. The number of rotatable bonds is 5. The lowest BCUT2D eigenvalue weighted by atomic mass is 10.1. The van der Waals surface area contributed by atoms with E-state index in [1.807, 2.05) is 0 Å². The van der Waals surface area contributed by atoms with Crippen molar-refractivity contribution in [2.24, 2.45) is 0 Å². The van der Waals surface area contributed by atoms with Gasteiger partial charge in [0.1, 0.15) is 0 Å². The van der Waals surface area contributed by atoms with Gasteiger partial charge in [-0.1, -0.05) is 0 Å². The summed E-state index contributed by atoms with van der Waals surface area (Å²) in [7, 11) is 0. The van der Waals surface area contributed by atoms with Gasteiger partial charge in [-0.05, 0) is 19.3 Å². The molecule has 14 heavy (non-hydrogen) atoms. The van der Waals surface area contributed by atoms with Gasteiger partial charge in [0.25, 0.3) is 0 Å². The molecule has 4 nitrogen and oxygen atoms in total. The molecule has 0 atom stereocenters. The molecule has 1 rings (SSSR count). The molecule has 79 valence electrons. The molecule has 1 aliphatic rings. The number of likely N-dealkylation sites (tertiary alicyclic amines) is 1. The maximum Gasteiger partial charge on any atom is 0.0866 e. The maximum absolute atomic E-state index is 10.2. The van der Waals surface area contributed by atoms with Gasteiger partial charge in [0.15, 0.2) is 0 Å². The molecule has 0 spiro atoms. The molecule has 1 aliphatic heterocycles. The van der Waals surface area contributed by atoms with Crippen LogP contribution in [0.2, 0.25) is 0 Å². The van der Waals surface area contributed by atoms with Crippen LogP contribution in [0.5, 0.6) is 0 Å². The summed E-state index contributed by atoms with van der Waals surface area (Å²) in [5, 5.41) is 18.7. The Morgan fingerprint density at radius 3 is 2.71 bits per heavy atom. The fourth-order valence-corrected chi connectivity index (χ4v) is 1.64. The van der Waals surface area contributed by atoms with E-state index in [0.29, 0.717) is 25.7 Å². The molecule has 0 saturated carbocycles. The van der Waals surface area contributed by atoms with Crippen molar-refractivity contribution in [1.29, 1.82) is 5.26 Å². The molecule has 0 amide bonds. The molecule has 1 saturated heterocycles. The van der Waals surface area contributed by atoms with E-state index in [2.05, 4.69) is 11.0 Å². The van der Waals surface area contributed by atoms with E-state index in [1.165, 1.54) is 0 Å². The highest BCUT2D eigenvalue weighted by Gasteiger charge is 2.18. The van der Waals surface area contributed by atoms with Gasteiger partial charge in [-0.2, -0.15) is 5.26 Å². The summed E-state index contributed by atoms with van der Waals surface area (Å²) in [6, 6.07) is 2.15. The predicted molar refractivity (Wildman–Crippen MR) is 51.2 cm³/mol. The molecule has 0 unspecified atom stereocenters. The van der Waals surface area contributed by atoms with Crippen molar-refractivity contribution in [2.75, 3.05) is 32.8 Å². The molecular formula is C10H17N2O2. The van der Waals surface area contributed by atoms with Gasteiger partial charge >= 0.3 is 0 Å². The SMILES string of the molecule is N#CCN1CCC(OCCC[O])CC1. The third kappa shape index (κ3) is 4.05. The first-order valence-electron chi connectivity index (χ1n) is 5.16. The van der Waals surface area contributed by atoms with Crippen LogP contribution in [0.15, 0.2) is 0 Å². The van der Waals surface area contributed by atoms with Crippen LogP contribution in [0.4, 0.5) is 0 Å². The Hall–Kier alpha value is -0.630. The minimum absolute atomic E-state index is 0.0483. The Morgan fingerprint density at radius 1 is 1.43 bits per heavy atom. The average molecular weight is 197 g/mol. The lowest BCUT2D eigenvalue weighted by Gasteiger charge is -2.30. The molecule has 4 heteroatoms. The second-order valence-electron chi connectivity index (χ2n) is 3.56. The highest BCUT2D eigenvalue weighted by Crippen LogP contribution is 2.13. The third-order valence-corrected chi connectivity index (χ3v) is 2.47. The van der Waals surface area contributed by atoms with Crippen LogP contribution in [0.3, 0.4) is 0 Å². The summed E-state index contributed by atoms with van der Waals surface area (Å²) in [4.78, 5) is 2.13. The maximum atomic E-state index is 10.2. The molecule has 0 aliphatic carbocycles. The summed E-state index contributed by atoms with van der Waals surface area (Å²) in [5.41, 5.74) is 0. The van der Waals surface area contributed by atoms with Crippen LogP contribution in [-0.4, -0.2) is 43.9 Å². The fraction of sp³-hybridized carbons (Fsp3) is 0.900. The highest BCUT2D eigenvalue weighted by atomic mass is 16.5. The first-order chi connectivity index (χ1) is 6.86. The number of hydrogen-bond acceptors (Lipinski definition) is 3. The van der Waals surface area contributed by atoms with Crippen molar-refractivity contribution in [3.05, 3.63) is 0 Å². The van der Waals surface area contributed by atoms with Gasteiger partial charge in [0, 0.05) is 19.7 Å². The second kappa shape index (κ2) is 6.77. The molecule has 0 bridgehead atoms. The van der Waals surface area contributed by atoms with E-state index < -0.39 is 0 Å². The Balaban J connectivity index is 2.07. The Morgan fingerprint density at radius 2 is 2.14 bits per heavy atom. The normalized spacial score (nSPS) is 19.4. The van der Waals surface area contributed by atoms with Crippen LogP contribution >= 0.6 is 0 Å². The van der Waals surface area contributed by atoms with Crippen molar-refractivity contribution in [2.45, 2.75) is 25.4 Å². The zero-order valence-electron chi connectivity index (χ0n) is 8.45. The monoisotopic (exact) mass is 197 g/mol. The average Bonchev–Trinajstić information content (AvgIpc) is 2.21. The minimum atomic E-state index is -0.0483. The van der Waals surface area contributed by atoms with Gasteiger partial charge in [-0.3, -0.25) is 4.90 Å². The van der Waals surface area contributed by atoms with Gasteiger partial charge in [-0.25, -0.2) is 5.11 Å². The molecule has 1 fully saturated rings. The standard InChI is InChI=1S/C10H17N2O2/c11-4-7-12-5-2-10(3-6-12)14-9-1-8-13/h10H,1-3,5-9H2. The van der Waals surface area contributed by atoms with Gasteiger partial charge in [0.05, 0.1) is 25.3 Å². The zero-order valence-corrected chi connectivity index (χ0v) is 8.45. The van der Waals surface area contributed by atoms with Crippen LogP contribution in [0, 0.1) is 11.3 Å². The van der Waals surface area contributed by atoms with Crippen molar-refractivity contribution in [3.8, 4) is 6.07 Å². The molecule has 0 N–H and O–H groups in total. The zero-order chi connectivity index (χ0) is 10.2. The van der Waals surface area contributed by atoms with Crippen LogP contribution in [0.25, 0.3) is 0 Å². The van der Waals surface area contributed by atoms with Crippen LogP contribution in [0.1, 0.15) is 19.3 Å². The minimum Gasteiger partial charge on any atom is -0.378 e. The quantitative estimate of drug-likeness (QED) is 0.484. The van der Waals surface area contributed by atoms with E-state index in [1.54, 1.807) is 0 Å². The van der Waals surface area contributed by atoms with E-state index in [-0.39, 0.29) is 6.61 Å². The predicted octanol–water partition coefficient (Wildman–Crippen LogP) is 0.812. The Labute approximate surface area is 85.1 Å². The number of nitrogens with zero attached hydrogens (tertiary/aromatic N) is 2. The van der Waals surface area contributed by atoms with Crippen molar-refractivity contribution < 1.29 is 9.84 Å². The van der Waals surface area contributed by atoms with Crippen LogP contribution in [-0.2, 0) is 9.84 Å². The van der Waals surface area contributed by atoms with Crippen molar-refractivity contribution >= 4 is 0 Å². The number of nitriles is 1. The Kier molecular flexibility index (Phi) is 5.53. The topological polar surface area (TPSA) is 56.2 Å². The van der Waals surface area contributed by atoms with E-state index in [0.717, 1.165) is 25.9 Å². The summed E-state index contributed by atoms with van der Waals surface area (Å²) < 4.78 is 5.54. The molecule has 1 radical (unpaired) electrons. The van der Waals surface area contributed by atoms with E-state index in [4.69, 9.17) is 10.00 Å². The van der Waals surface area contributed by atoms with Gasteiger partial charge < -0.3 is 4.74 Å². The first-order valence-corrected chi connectivity index (χ1v) is 5.16. The molecule has 0 aromatic carbocycles. The van der Waals surface area contributed by atoms with E-state index >= 15 is 0 Å². The molecular weight excluding hydrogens is 180 g/mol. The third-order valence-electron chi connectivity index (χ3n) is 2.47. The summed E-state index contributed by atoms with van der Waals surface area (Å²) in [6.07, 6.45) is 2.89. The molecule has 0 aromatic heterocycles. The van der Waals surface area contributed by atoms with Crippen molar-refractivity contribution in [1.82, 2.24) is 4.90 Å². The number of ether oxygens (including phenoxy) is 1. The highest BCUT2D eigenvalue weighted by molar-refractivity contribution is 4.80. The largest absolute Gasteiger partial charge is 0.378 e. The van der Waals surface area contributed by atoms with Crippen LogP contribution < -0.4 is 0 Å². The number of piperidine rings is 1. The smallest absolute Gasteiger partial charge is 0.0866 e. The first kappa shape index (κ1) is 11.4. The summed E-state index contributed by atoms with van der Waals surface area (Å²) in [6.45, 7) is 2.94. The van der Waals surface area contributed by atoms with E-state index in [9.17, 15) is 5.11 Å². The molecule has 0 aromatic rings.